The number of benzene rings is 1. The van der Waals surface area contributed by atoms with Crippen LogP contribution in [0.1, 0.15) is 43.0 Å². The second kappa shape index (κ2) is 4.38. The van der Waals surface area contributed by atoms with Crippen LogP contribution in [0.15, 0.2) is 18.2 Å². The van der Waals surface area contributed by atoms with Crippen molar-refractivity contribution in [3.8, 4) is 5.75 Å². The summed E-state index contributed by atoms with van der Waals surface area (Å²) in [5.74, 6) is 1.36. The molecule has 0 heterocycles. The Morgan fingerprint density at radius 2 is 2.17 bits per heavy atom. The van der Waals surface area contributed by atoms with Crippen LogP contribution in [-0.4, -0.2) is 11.9 Å². The van der Waals surface area contributed by atoms with E-state index in [-0.39, 0.29) is 17.7 Å². The maximum Gasteiger partial charge on any atom is 0.163 e. The molecule has 0 N–H and O–H groups in total. The highest BCUT2D eigenvalue weighted by molar-refractivity contribution is 5.96. The van der Waals surface area contributed by atoms with Crippen LogP contribution in [0.2, 0.25) is 0 Å². The van der Waals surface area contributed by atoms with Gasteiger partial charge in [-0.1, -0.05) is 0 Å². The Balaban J connectivity index is 1.83. The topological polar surface area (TPSA) is 26.3 Å². The van der Waals surface area contributed by atoms with Gasteiger partial charge in [-0.2, -0.15) is 0 Å². The Kier molecular flexibility index (Phi) is 2.84. The molecule has 2 bridgehead atoms. The number of hydrogen-bond donors (Lipinski definition) is 0. The molecular weight excluding hydrogens is 231 g/mol. The standard InChI is InChI=1S/C15H17FO2/c1-9(17)13-5-4-12(16)8-15(13)18-14-7-10-2-3-11(14)6-10/h4-5,8,10-11,14H,2-3,6-7H2,1H3. The molecule has 2 aliphatic rings. The van der Waals surface area contributed by atoms with Crippen LogP contribution in [0.5, 0.6) is 5.75 Å². The van der Waals surface area contributed by atoms with Crippen molar-refractivity contribution in [3.05, 3.63) is 29.6 Å². The predicted octanol–water partition coefficient (Wildman–Crippen LogP) is 3.60. The Morgan fingerprint density at radius 3 is 2.78 bits per heavy atom. The van der Waals surface area contributed by atoms with Gasteiger partial charge < -0.3 is 4.74 Å². The lowest BCUT2D eigenvalue weighted by atomic mass is 9.97. The number of carbonyl (C=O) groups excluding carboxylic acids is 1. The lowest BCUT2D eigenvalue weighted by Gasteiger charge is -2.24. The maximum atomic E-state index is 13.3. The van der Waals surface area contributed by atoms with Crippen LogP contribution in [0, 0.1) is 17.7 Å². The number of hydrogen-bond acceptors (Lipinski definition) is 2. The van der Waals surface area contributed by atoms with E-state index in [2.05, 4.69) is 0 Å². The van der Waals surface area contributed by atoms with E-state index >= 15 is 0 Å². The highest BCUT2D eigenvalue weighted by Crippen LogP contribution is 2.46. The first kappa shape index (κ1) is 11.7. The predicted molar refractivity (Wildman–Crippen MR) is 66.3 cm³/mol. The number of carbonyl (C=O) groups is 1. The lowest BCUT2D eigenvalue weighted by Crippen LogP contribution is -2.24. The van der Waals surface area contributed by atoms with E-state index in [9.17, 15) is 9.18 Å². The highest BCUT2D eigenvalue weighted by atomic mass is 19.1. The van der Waals surface area contributed by atoms with Crippen LogP contribution in [0.3, 0.4) is 0 Å². The summed E-state index contributed by atoms with van der Waals surface area (Å²) in [7, 11) is 0. The van der Waals surface area contributed by atoms with Gasteiger partial charge in [0.15, 0.2) is 5.78 Å². The molecule has 0 amide bonds. The molecule has 1 aromatic rings. The molecule has 3 heteroatoms. The number of halogens is 1. The molecule has 18 heavy (non-hydrogen) atoms. The van der Waals surface area contributed by atoms with E-state index in [1.807, 2.05) is 0 Å². The summed E-state index contributed by atoms with van der Waals surface area (Å²) in [5.41, 5.74) is 0.485. The Hall–Kier alpha value is -1.38. The lowest BCUT2D eigenvalue weighted by molar-refractivity contribution is 0.0996. The van der Waals surface area contributed by atoms with Crippen LogP contribution in [0.25, 0.3) is 0 Å². The molecular formula is C15H17FO2. The Morgan fingerprint density at radius 1 is 1.33 bits per heavy atom. The van der Waals surface area contributed by atoms with Crippen molar-refractivity contribution >= 4 is 5.78 Å². The van der Waals surface area contributed by atoms with Crippen molar-refractivity contribution in [1.29, 1.82) is 0 Å². The van der Waals surface area contributed by atoms with Crippen molar-refractivity contribution < 1.29 is 13.9 Å². The number of fused-ring (bicyclic) bond motifs is 2. The first-order valence-electron chi connectivity index (χ1n) is 6.60. The molecule has 96 valence electrons. The van der Waals surface area contributed by atoms with Gasteiger partial charge in [-0.15, -0.1) is 0 Å². The SMILES string of the molecule is CC(=O)c1ccc(F)cc1OC1CC2CCC1C2. The zero-order valence-electron chi connectivity index (χ0n) is 10.5. The van der Waals surface area contributed by atoms with E-state index in [1.165, 1.54) is 44.4 Å². The molecule has 2 fully saturated rings. The quantitative estimate of drug-likeness (QED) is 0.764. The van der Waals surface area contributed by atoms with Crippen LogP contribution < -0.4 is 4.74 Å². The summed E-state index contributed by atoms with van der Waals surface area (Å²) in [5, 5.41) is 0. The van der Waals surface area contributed by atoms with E-state index in [0.29, 0.717) is 17.2 Å². The van der Waals surface area contributed by atoms with Crippen molar-refractivity contribution in [2.45, 2.75) is 38.7 Å². The second-order valence-corrected chi connectivity index (χ2v) is 5.53. The zero-order valence-corrected chi connectivity index (χ0v) is 10.5. The minimum atomic E-state index is -0.349. The monoisotopic (exact) mass is 248 g/mol. The van der Waals surface area contributed by atoms with Crippen molar-refractivity contribution in [2.24, 2.45) is 11.8 Å². The van der Waals surface area contributed by atoms with Gasteiger partial charge in [0, 0.05) is 6.07 Å². The fraction of sp³-hybridized carbons (Fsp3) is 0.533. The summed E-state index contributed by atoms with van der Waals surface area (Å²) in [4.78, 5) is 11.5. The van der Waals surface area contributed by atoms with E-state index < -0.39 is 0 Å². The van der Waals surface area contributed by atoms with Gasteiger partial charge in [-0.25, -0.2) is 4.39 Å². The van der Waals surface area contributed by atoms with Crippen LogP contribution in [0.4, 0.5) is 4.39 Å². The molecule has 3 atom stereocenters. The third-order valence-corrected chi connectivity index (χ3v) is 4.27. The molecule has 3 unspecified atom stereocenters. The summed E-state index contributed by atoms with van der Waals surface area (Å²) >= 11 is 0. The number of ketones is 1. The highest BCUT2D eigenvalue weighted by Gasteiger charge is 2.41. The van der Waals surface area contributed by atoms with E-state index in [4.69, 9.17) is 4.74 Å². The summed E-state index contributed by atoms with van der Waals surface area (Å²) in [6, 6.07) is 4.16. The van der Waals surface area contributed by atoms with Gasteiger partial charge >= 0.3 is 0 Å². The number of Topliss-reactive ketones (excluding diaryl/α,β-unsaturated/α-hetero) is 1. The molecule has 1 aromatic carbocycles. The summed E-state index contributed by atoms with van der Waals surface area (Å²) < 4.78 is 19.2. The summed E-state index contributed by atoms with van der Waals surface area (Å²) in [6.07, 6.45) is 4.96. The van der Waals surface area contributed by atoms with Gasteiger partial charge in [-0.3, -0.25) is 4.79 Å². The van der Waals surface area contributed by atoms with Gasteiger partial charge in [0.05, 0.1) is 5.56 Å². The minimum Gasteiger partial charge on any atom is -0.489 e. The fourth-order valence-corrected chi connectivity index (χ4v) is 3.38. The van der Waals surface area contributed by atoms with Crippen molar-refractivity contribution in [3.63, 3.8) is 0 Å². The molecule has 0 saturated heterocycles. The molecule has 0 aliphatic heterocycles. The Labute approximate surface area is 106 Å². The van der Waals surface area contributed by atoms with E-state index in [0.717, 1.165) is 12.3 Å². The van der Waals surface area contributed by atoms with E-state index in [1.54, 1.807) is 0 Å². The van der Waals surface area contributed by atoms with Gasteiger partial charge in [-0.05, 0) is 56.6 Å². The summed E-state index contributed by atoms with van der Waals surface area (Å²) in [6.45, 7) is 1.49. The number of rotatable bonds is 3. The maximum absolute atomic E-state index is 13.3. The molecule has 3 rings (SSSR count). The van der Waals surface area contributed by atoms with Gasteiger partial charge in [0.2, 0.25) is 0 Å². The molecule has 0 radical (unpaired) electrons. The van der Waals surface area contributed by atoms with Gasteiger partial charge in [0.1, 0.15) is 17.7 Å². The smallest absolute Gasteiger partial charge is 0.163 e. The second-order valence-electron chi connectivity index (χ2n) is 5.53. The number of ether oxygens (including phenoxy) is 1. The third kappa shape index (κ3) is 2.02. The molecule has 2 nitrogen and oxygen atoms in total. The molecule has 2 aliphatic carbocycles. The Bertz CT molecular complexity index is 483. The fourth-order valence-electron chi connectivity index (χ4n) is 3.38. The largest absolute Gasteiger partial charge is 0.489 e. The molecule has 0 aromatic heterocycles. The van der Waals surface area contributed by atoms with Crippen molar-refractivity contribution in [1.82, 2.24) is 0 Å². The molecule has 2 saturated carbocycles. The van der Waals surface area contributed by atoms with Crippen LogP contribution >= 0.6 is 0 Å². The molecule has 0 spiro atoms. The average Bonchev–Trinajstić information content (AvgIpc) is 2.90. The third-order valence-electron chi connectivity index (χ3n) is 4.27. The van der Waals surface area contributed by atoms with Crippen molar-refractivity contribution in [2.75, 3.05) is 0 Å². The van der Waals surface area contributed by atoms with Gasteiger partial charge in [0.25, 0.3) is 0 Å². The normalized spacial score (nSPS) is 29.6. The first-order chi connectivity index (χ1) is 8.63. The average molecular weight is 248 g/mol. The minimum absolute atomic E-state index is 0.0758. The first-order valence-corrected chi connectivity index (χ1v) is 6.60. The van der Waals surface area contributed by atoms with Crippen LogP contribution in [-0.2, 0) is 0 Å². The zero-order chi connectivity index (χ0) is 12.7.